The van der Waals surface area contributed by atoms with Gasteiger partial charge in [-0.25, -0.2) is 0 Å². The number of hydrogen-bond acceptors (Lipinski definition) is 6. The van der Waals surface area contributed by atoms with E-state index in [1.54, 1.807) is 48.2 Å². The van der Waals surface area contributed by atoms with Crippen molar-refractivity contribution in [2.24, 2.45) is 0 Å². The van der Waals surface area contributed by atoms with Gasteiger partial charge in [-0.2, -0.15) is 0 Å². The maximum atomic E-state index is 13.2. The van der Waals surface area contributed by atoms with Crippen LogP contribution >= 0.6 is 0 Å². The van der Waals surface area contributed by atoms with Crippen LogP contribution in [0.2, 0.25) is 0 Å². The zero-order valence-electron chi connectivity index (χ0n) is 19.9. The highest BCUT2D eigenvalue weighted by molar-refractivity contribution is 6.11. The Hall–Kier alpha value is -4.08. The van der Waals surface area contributed by atoms with Gasteiger partial charge in [-0.05, 0) is 50.1 Å². The molecule has 184 valence electrons. The number of para-hydroxylation sites is 1. The molecule has 1 saturated heterocycles. The molecule has 4 rings (SSSR count). The Labute approximate surface area is 203 Å². The number of carbonyl (C=O) groups excluding carboxylic acids is 4. The van der Waals surface area contributed by atoms with Crippen LogP contribution in [0.5, 0.6) is 11.5 Å². The maximum Gasteiger partial charge on any atom is 0.269 e. The molecule has 35 heavy (non-hydrogen) atoms. The average Bonchev–Trinajstić information content (AvgIpc) is 3.18. The van der Waals surface area contributed by atoms with Gasteiger partial charge in [0.15, 0.2) is 11.5 Å². The van der Waals surface area contributed by atoms with Gasteiger partial charge >= 0.3 is 0 Å². The summed E-state index contributed by atoms with van der Waals surface area (Å²) in [6.45, 7) is 3.93. The summed E-state index contributed by atoms with van der Waals surface area (Å²) in [6.07, 6.45) is 1.50. The first-order chi connectivity index (χ1) is 16.8. The van der Waals surface area contributed by atoms with Crippen LogP contribution < -0.4 is 25.2 Å². The van der Waals surface area contributed by atoms with Gasteiger partial charge in [0.05, 0.1) is 25.0 Å². The van der Waals surface area contributed by atoms with Crippen LogP contribution in [0.25, 0.3) is 0 Å². The predicted octanol–water partition coefficient (Wildman–Crippen LogP) is 2.24. The zero-order valence-corrected chi connectivity index (χ0v) is 19.9. The zero-order chi connectivity index (χ0) is 25.2. The predicted molar refractivity (Wildman–Crippen MR) is 127 cm³/mol. The molecule has 1 fully saturated rings. The molecule has 2 aromatic rings. The van der Waals surface area contributed by atoms with Crippen molar-refractivity contribution < 1.29 is 28.7 Å². The number of ether oxygens (including phenoxy) is 2. The lowest BCUT2D eigenvalue weighted by atomic mass is 9.98. The summed E-state index contributed by atoms with van der Waals surface area (Å²) in [6, 6.07) is 11.6. The van der Waals surface area contributed by atoms with Crippen molar-refractivity contribution in [3.63, 3.8) is 0 Å². The van der Waals surface area contributed by atoms with Gasteiger partial charge in [0.1, 0.15) is 12.2 Å². The second kappa shape index (κ2) is 9.65. The number of rotatable bonds is 7. The normalized spacial score (nSPS) is 18.6. The van der Waals surface area contributed by atoms with E-state index in [0.717, 1.165) is 6.42 Å². The minimum absolute atomic E-state index is 0.105. The van der Waals surface area contributed by atoms with Gasteiger partial charge in [-0.1, -0.05) is 19.1 Å². The summed E-state index contributed by atoms with van der Waals surface area (Å²) in [4.78, 5) is 54.2. The molecule has 4 amide bonds. The number of hydrogen-bond donors (Lipinski definition) is 2. The van der Waals surface area contributed by atoms with Crippen molar-refractivity contribution in [2.45, 2.75) is 38.8 Å². The summed E-state index contributed by atoms with van der Waals surface area (Å²) in [5.74, 6) is -0.689. The molecule has 10 nitrogen and oxygen atoms in total. The van der Waals surface area contributed by atoms with Gasteiger partial charge in [-0.15, -0.1) is 0 Å². The fourth-order valence-corrected chi connectivity index (χ4v) is 4.46. The van der Waals surface area contributed by atoms with E-state index in [1.807, 2.05) is 6.92 Å². The molecule has 2 N–H and O–H groups in total. The summed E-state index contributed by atoms with van der Waals surface area (Å²) in [5, 5.41) is 0. The summed E-state index contributed by atoms with van der Waals surface area (Å²) < 4.78 is 10.9. The Bertz CT molecular complexity index is 1180. The monoisotopic (exact) mass is 480 g/mol. The number of nitrogens with zero attached hydrogens (tertiary/aromatic N) is 2. The summed E-state index contributed by atoms with van der Waals surface area (Å²) >= 11 is 0. The van der Waals surface area contributed by atoms with Crippen LogP contribution in [0.3, 0.4) is 0 Å². The SMILES string of the molecule is CCCOc1ccc(C(=O)NNC(=O)CN2C(=O)c3ccccc3N3C(=O)CCC23C)cc1OC. The quantitative estimate of drug-likeness (QED) is 0.587. The fourth-order valence-electron chi connectivity index (χ4n) is 4.46. The average molecular weight is 481 g/mol. The highest BCUT2D eigenvalue weighted by Gasteiger charge is 2.53. The molecule has 0 bridgehead atoms. The fraction of sp³-hybridized carbons (Fsp3) is 0.360. The van der Waals surface area contributed by atoms with Crippen LogP contribution in [0.15, 0.2) is 42.5 Å². The molecule has 0 saturated carbocycles. The molecule has 0 aromatic heterocycles. The molecule has 2 heterocycles. The van der Waals surface area contributed by atoms with Gasteiger partial charge in [0.2, 0.25) is 5.91 Å². The Morgan fingerprint density at radius 1 is 1.09 bits per heavy atom. The molecule has 2 aliphatic rings. The molecule has 1 unspecified atom stereocenters. The third-order valence-electron chi connectivity index (χ3n) is 6.25. The minimum atomic E-state index is -0.967. The van der Waals surface area contributed by atoms with Crippen LogP contribution in [0.1, 0.15) is 53.8 Å². The summed E-state index contributed by atoms with van der Waals surface area (Å²) in [5.41, 5.74) is 4.92. The van der Waals surface area contributed by atoms with Crippen molar-refractivity contribution >= 4 is 29.3 Å². The summed E-state index contributed by atoms with van der Waals surface area (Å²) in [7, 11) is 1.48. The van der Waals surface area contributed by atoms with Crippen molar-refractivity contribution in [1.29, 1.82) is 0 Å². The van der Waals surface area contributed by atoms with E-state index in [0.29, 0.717) is 35.8 Å². The van der Waals surface area contributed by atoms with Gasteiger partial charge in [0.25, 0.3) is 17.7 Å². The van der Waals surface area contributed by atoms with Crippen LogP contribution in [0.4, 0.5) is 5.69 Å². The number of anilines is 1. The number of hydrazine groups is 1. The number of carbonyl (C=O) groups is 4. The van der Waals surface area contributed by atoms with Gasteiger partial charge in [-0.3, -0.25) is 34.9 Å². The smallest absolute Gasteiger partial charge is 0.269 e. The lowest BCUT2D eigenvalue weighted by Gasteiger charge is -2.48. The molecule has 1 atom stereocenters. The highest BCUT2D eigenvalue weighted by atomic mass is 16.5. The molecular weight excluding hydrogens is 452 g/mol. The third kappa shape index (κ3) is 4.39. The first-order valence-electron chi connectivity index (χ1n) is 11.4. The van der Waals surface area contributed by atoms with Crippen molar-refractivity contribution in [1.82, 2.24) is 15.8 Å². The van der Waals surface area contributed by atoms with E-state index in [1.165, 1.54) is 18.1 Å². The van der Waals surface area contributed by atoms with Crippen LogP contribution in [-0.2, 0) is 9.59 Å². The number of benzene rings is 2. The number of methoxy groups -OCH3 is 1. The van der Waals surface area contributed by atoms with Gasteiger partial charge < -0.3 is 14.4 Å². The first-order valence-corrected chi connectivity index (χ1v) is 11.4. The lowest BCUT2D eigenvalue weighted by Crippen LogP contribution is -2.64. The topological polar surface area (TPSA) is 117 Å². The number of nitrogens with one attached hydrogen (secondary N) is 2. The van der Waals surface area contributed by atoms with Crippen molar-refractivity contribution in [2.75, 3.05) is 25.2 Å². The Balaban J connectivity index is 1.45. The van der Waals surface area contributed by atoms with E-state index < -0.39 is 17.5 Å². The second-order valence-corrected chi connectivity index (χ2v) is 8.57. The van der Waals surface area contributed by atoms with E-state index in [4.69, 9.17) is 9.47 Å². The van der Waals surface area contributed by atoms with Gasteiger partial charge in [0, 0.05) is 12.0 Å². The molecular formula is C25H28N4O6. The highest BCUT2D eigenvalue weighted by Crippen LogP contribution is 2.43. The van der Waals surface area contributed by atoms with E-state index >= 15 is 0 Å². The minimum Gasteiger partial charge on any atom is -0.493 e. The number of amides is 4. The molecule has 0 aliphatic carbocycles. The standard InChI is InChI=1S/C25H28N4O6/c1-4-13-35-19-10-9-16(14-20(19)34-3)23(32)27-26-21(30)15-28-24(33)17-7-5-6-8-18(17)29-22(31)11-12-25(28,29)2/h5-10,14H,4,11-13,15H2,1-3H3,(H,26,30)(H,27,32). The van der Waals surface area contributed by atoms with E-state index in [2.05, 4.69) is 10.9 Å². The molecule has 0 spiro atoms. The Kier molecular flexibility index (Phi) is 6.63. The molecule has 2 aromatic carbocycles. The molecule has 10 heteroatoms. The third-order valence-corrected chi connectivity index (χ3v) is 6.25. The van der Waals surface area contributed by atoms with Crippen LogP contribution in [-0.4, -0.2) is 54.5 Å². The first kappa shape index (κ1) is 24.1. The molecule has 2 aliphatic heterocycles. The Morgan fingerprint density at radius 3 is 2.60 bits per heavy atom. The maximum absolute atomic E-state index is 13.2. The van der Waals surface area contributed by atoms with Crippen molar-refractivity contribution in [3.8, 4) is 11.5 Å². The second-order valence-electron chi connectivity index (χ2n) is 8.57. The van der Waals surface area contributed by atoms with E-state index in [9.17, 15) is 19.2 Å². The largest absolute Gasteiger partial charge is 0.493 e. The van der Waals surface area contributed by atoms with Crippen molar-refractivity contribution in [3.05, 3.63) is 53.6 Å². The van der Waals surface area contributed by atoms with E-state index in [-0.39, 0.29) is 30.3 Å². The Morgan fingerprint density at radius 2 is 1.86 bits per heavy atom. The molecule has 0 radical (unpaired) electrons. The van der Waals surface area contributed by atoms with Crippen LogP contribution in [0, 0.1) is 0 Å². The number of fused-ring (bicyclic) bond motifs is 3. The lowest BCUT2D eigenvalue weighted by molar-refractivity contribution is -0.124.